The molecule has 28 heavy (non-hydrogen) atoms. The van der Waals surface area contributed by atoms with Gasteiger partial charge in [-0.3, -0.25) is 19.7 Å². The summed E-state index contributed by atoms with van der Waals surface area (Å²) in [5.74, 6) is -0.371. The highest BCUT2D eigenvalue weighted by molar-refractivity contribution is 7.98. The first-order chi connectivity index (χ1) is 13.4. The standard InChI is InChI=1S/C19H18N4O4S/c1-28-9-8-17(19(25)21-15-6-2-4-13(10-15)12-20)22-18(24)14-5-3-7-16(11-14)23(26)27/h2-7,10-11,17H,8-9H2,1H3,(H,21,25)(H,22,24)/t17-/m0/s1. The second kappa shape index (κ2) is 10.1. The second-order valence-electron chi connectivity index (χ2n) is 5.80. The van der Waals surface area contributed by atoms with Crippen LogP contribution in [0.2, 0.25) is 0 Å². The molecule has 9 heteroatoms. The normalized spacial score (nSPS) is 11.1. The van der Waals surface area contributed by atoms with Crippen molar-refractivity contribution in [2.24, 2.45) is 0 Å². The number of amides is 2. The average molecular weight is 398 g/mol. The average Bonchev–Trinajstić information content (AvgIpc) is 2.71. The molecule has 0 heterocycles. The van der Waals surface area contributed by atoms with Gasteiger partial charge in [0.15, 0.2) is 0 Å². The summed E-state index contributed by atoms with van der Waals surface area (Å²) < 4.78 is 0. The number of hydrogen-bond acceptors (Lipinski definition) is 6. The fourth-order valence-corrected chi connectivity index (χ4v) is 2.87. The number of thioether (sulfide) groups is 1. The van der Waals surface area contributed by atoms with Gasteiger partial charge in [-0.15, -0.1) is 0 Å². The van der Waals surface area contributed by atoms with Gasteiger partial charge in [-0.2, -0.15) is 17.0 Å². The number of non-ortho nitro benzene ring substituents is 1. The Kier molecular flexibility index (Phi) is 7.54. The third-order valence-corrected chi connectivity index (χ3v) is 4.45. The van der Waals surface area contributed by atoms with Crippen molar-refractivity contribution in [2.75, 3.05) is 17.3 Å². The molecular formula is C19H18N4O4S. The molecule has 0 bridgehead atoms. The molecule has 0 aliphatic rings. The number of hydrogen-bond donors (Lipinski definition) is 2. The molecule has 2 rings (SSSR count). The molecule has 2 N–H and O–H groups in total. The van der Waals surface area contributed by atoms with Crippen molar-refractivity contribution in [3.05, 3.63) is 69.8 Å². The van der Waals surface area contributed by atoms with E-state index in [2.05, 4.69) is 10.6 Å². The minimum atomic E-state index is -0.829. The Morgan fingerprint density at radius 2 is 2.00 bits per heavy atom. The summed E-state index contributed by atoms with van der Waals surface area (Å²) in [5.41, 5.74) is 0.746. The molecular weight excluding hydrogens is 380 g/mol. The Morgan fingerprint density at radius 1 is 1.25 bits per heavy atom. The van der Waals surface area contributed by atoms with Crippen molar-refractivity contribution in [1.82, 2.24) is 5.32 Å². The van der Waals surface area contributed by atoms with Crippen LogP contribution in [0.3, 0.4) is 0 Å². The topological polar surface area (TPSA) is 125 Å². The lowest BCUT2D eigenvalue weighted by Crippen LogP contribution is -2.44. The first-order valence-electron chi connectivity index (χ1n) is 8.30. The van der Waals surface area contributed by atoms with Crippen molar-refractivity contribution in [2.45, 2.75) is 12.5 Å². The third-order valence-electron chi connectivity index (χ3n) is 3.81. The molecule has 0 unspecified atom stereocenters. The zero-order valence-electron chi connectivity index (χ0n) is 15.0. The lowest BCUT2D eigenvalue weighted by molar-refractivity contribution is -0.384. The molecule has 0 saturated carbocycles. The van der Waals surface area contributed by atoms with Gasteiger partial charge in [0.05, 0.1) is 16.6 Å². The van der Waals surface area contributed by atoms with E-state index in [0.29, 0.717) is 23.4 Å². The smallest absolute Gasteiger partial charge is 0.270 e. The number of nitrogens with zero attached hydrogens (tertiary/aromatic N) is 2. The number of nitro groups is 1. The van der Waals surface area contributed by atoms with Crippen LogP contribution in [0, 0.1) is 21.4 Å². The summed E-state index contributed by atoms with van der Waals surface area (Å²) in [7, 11) is 0. The number of nitriles is 1. The van der Waals surface area contributed by atoms with Gasteiger partial charge in [-0.05, 0) is 42.7 Å². The van der Waals surface area contributed by atoms with Crippen molar-refractivity contribution < 1.29 is 14.5 Å². The molecule has 0 aliphatic heterocycles. The maximum atomic E-state index is 12.6. The van der Waals surface area contributed by atoms with Gasteiger partial charge in [0, 0.05) is 23.4 Å². The largest absolute Gasteiger partial charge is 0.340 e. The molecule has 8 nitrogen and oxygen atoms in total. The maximum Gasteiger partial charge on any atom is 0.270 e. The lowest BCUT2D eigenvalue weighted by Gasteiger charge is -2.18. The van der Waals surface area contributed by atoms with Crippen LogP contribution in [-0.2, 0) is 4.79 Å². The van der Waals surface area contributed by atoms with Crippen LogP contribution < -0.4 is 10.6 Å². The summed E-state index contributed by atoms with van der Waals surface area (Å²) in [4.78, 5) is 35.4. The number of nitro benzene ring substituents is 1. The Hall–Kier alpha value is -3.38. The summed E-state index contributed by atoms with van der Waals surface area (Å²) in [6.07, 6.45) is 2.26. The van der Waals surface area contributed by atoms with E-state index < -0.39 is 22.8 Å². The Labute approximate surface area is 166 Å². The van der Waals surface area contributed by atoms with E-state index in [1.165, 1.54) is 36.0 Å². The lowest BCUT2D eigenvalue weighted by atomic mass is 10.1. The molecule has 0 spiro atoms. The Balaban J connectivity index is 2.14. The molecule has 0 aliphatic carbocycles. The highest BCUT2D eigenvalue weighted by Gasteiger charge is 2.22. The van der Waals surface area contributed by atoms with Gasteiger partial charge in [0.1, 0.15) is 6.04 Å². The number of rotatable bonds is 8. The van der Waals surface area contributed by atoms with Gasteiger partial charge in [0.2, 0.25) is 5.91 Å². The van der Waals surface area contributed by atoms with Gasteiger partial charge in [-0.25, -0.2) is 0 Å². The van der Waals surface area contributed by atoms with Gasteiger partial charge >= 0.3 is 0 Å². The number of nitrogens with one attached hydrogen (secondary N) is 2. The Bertz CT molecular complexity index is 926. The maximum absolute atomic E-state index is 12.6. The highest BCUT2D eigenvalue weighted by atomic mass is 32.2. The predicted octanol–water partition coefficient (Wildman–Crippen LogP) is 2.96. The summed E-state index contributed by atoms with van der Waals surface area (Å²) in [6.45, 7) is 0. The van der Waals surface area contributed by atoms with E-state index in [0.717, 1.165) is 6.07 Å². The number of anilines is 1. The van der Waals surface area contributed by atoms with Crippen molar-refractivity contribution in [3.8, 4) is 6.07 Å². The molecule has 2 aromatic carbocycles. The van der Waals surface area contributed by atoms with E-state index in [1.807, 2.05) is 12.3 Å². The van der Waals surface area contributed by atoms with Gasteiger partial charge in [0.25, 0.3) is 11.6 Å². The van der Waals surface area contributed by atoms with E-state index in [-0.39, 0.29) is 11.3 Å². The number of benzene rings is 2. The van der Waals surface area contributed by atoms with Gasteiger partial charge in [-0.1, -0.05) is 12.1 Å². The zero-order chi connectivity index (χ0) is 20.5. The number of carbonyl (C=O) groups is 2. The fraction of sp³-hybridized carbons (Fsp3) is 0.211. The highest BCUT2D eigenvalue weighted by Crippen LogP contribution is 2.15. The van der Waals surface area contributed by atoms with Crippen LogP contribution >= 0.6 is 11.8 Å². The van der Waals surface area contributed by atoms with Crippen molar-refractivity contribution >= 4 is 35.0 Å². The minimum Gasteiger partial charge on any atom is -0.340 e. The molecule has 0 aromatic heterocycles. The number of carbonyl (C=O) groups excluding carboxylic acids is 2. The fourth-order valence-electron chi connectivity index (χ4n) is 2.40. The second-order valence-corrected chi connectivity index (χ2v) is 6.78. The van der Waals surface area contributed by atoms with Gasteiger partial charge < -0.3 is 10.6 Å². The molecule has 2 amide bonds. The minimum absolute atomic E-state index is 0.0997. The third kappa shape index (κ3) is 5.82. The van der Waals surface area contributed by atoms with E-state index >= 15 is 0 Å². The Morgan fingerprint density at radius 3 is 2.68 bits per heavy atom. The summed E-state index contributed by atoms with van der Waals surface area (Å²) >= 11 is 1.53. The predicted molar refractivity (Wildman–Crippen MR) is 107 cm³/mol. The van der Waals surface area contributed by atoms with Crippen LogP contribution in [0.15, 0.2) is 48.5 Å². The molecule has 0 saturated heterocycles. The zero-order valence-corrected chi connectivity index (χ0v) is 15.9. The van der Waals surface area contributed by atoms with Crippen LogP contribution in [0.1, 0.15) is 22.3 Å². The molecule has 0 radical (unpaired) electrons. The van der Waals surface area contributed by atoms with E-state index in [1.54, 1.807) is 18.2 Å². The van der Waals surface area contributed by atoms with Crippen molar-refractivity contribution in [3.63, 3.8) is 0 Å². The first-order valence-corrected chi connectivity index (χ1v) is 9.69. The summed E-state index contributed by atoms with van der Waals surface area (Å²) in [6, 6.07) is 12.9. The van der Waals surface area contributed by atoms with Crippen LogP contribution in [0.25, 0.3) is 0 Å². The van der Waals surface area contributed by atoms with E-state index in [4.69, 9.17) is 5.26 Å². The van der Waals surface area contributed by atoms with Crippen LogP contribution in [0.5, 0.6) is 0 Å². The molecule has 1 atom stereocenters. The molecule has 2 aromatic rings. The molecule has 0 fully saturated rings. The summed E-state index contributed by atoms with van der Waals surface area (Å²) in [5, 5.41) is 25.2. The van der Waals surface area contributed by atoms with E-state index in [9.17, 15) is 19.7 Å². The van der Waals surface area contributed by atoms with Crippen LogP contribution in [-0.4, -0.2) is 34.8 Å². The first kappa shape index (κ1) is 20.9. The quantitative estimate of drug-likeness (QED) is 0.520. The van der Waals surface area contributed by atoms with Crippen molar-refractivity contribution in [1.29, 1.82) is 5.26 Å². The molecule has 144 valence electrons. The SMILES string of the molecule is CSCC[C@H](NC(=O)c1cccc([N+](=O)[O-])c1)C(=O)Nc1cccc(C#N)c1. The van der Waals surface area contributed by atoms with Crippen LogP contribution in [0.4, 0.5) is 11.4 Å². The monoisotopic (exact) mass is 398 g/mol.